The van der Waals surface area contributed by atoms with Gasteiger partial charge >= 0.3 is 0 Å². The maximum absolute atomic E-state index is 12.4. The third-order valence-electron chi connectivity index (χ3n) is 4.24. The van der Waals surface area contributed by atoms with Crippen LogP contribution in [0, 0.1) is 23.2 Å². The lowest BCUT2D eigenvalue weighted by Gasteiger charge is -2.22. The Balaban J connectivity index is 1.94. The van der Waals surface area contributed by atoms with Crippen LogP contribution in [0.25, 0.3) is 0 Å². The molecular formula is C18H23N3O3. The topological polar surface area (TPSA) is 73.6 Å². The lowest BCUT2D eigenvalue weighted by molar-refractivity contribution is -0.134. The summed E-state index contributed by atoms with van der Waals surface area (Å²) >= 11 is 0. The number of amides is 2. The van der Waals surface area contributed by atoms with Crippen LogP contribution in [-0.2, 0) is 16.1 Å². The van der Waals surface area contributed by atoms with Crippen molar-refractivity contribution >= 4 is 11.8 Å². The van der Waals surface area contributed by atoms with Crippen LogP contribution in [0.2, 0.25) is 0 Å². The molecule has 6 heteroatoms. The van der Waals surface area contributed by atoms with Crippen LogP contribution in [0.4, 0.5) is 0 Å². The Kier molecular flexibility index (Phi) is 5.80. The third-order valence-corrected chi connectivity index (χ3v) is 4.24. The highest BCUT2D eigenvalue weighted by molar-refractivity contribution is 5.89. The number of carbonyl (C=O) groups is 2. The quantitative estimate of drug-likeness (QED) is 0.795. The van der Waals surface area contributed by atoms with Crippen molar-refractivity contribution in [1.29, 1.82) is 5.26 Å². The molecule has 24 heavy (non-hydrogen) atoms. The molecule has 0 aromatic heterocycles. The van der Waals surface area contributed by atoms with E-state index in [-0.39, 0.29) is 30.1 Å². The molecule has 0 spiro atoms. The van der Waals surface area contributed by atoms with Gasteiger partial charge in [-0.25, -0.2) is 0 Å². The van der Waals surface area contributed by atoms with Gasteiger partial charge in [-0.1, -0.05) is 12.1 Å². The van der Waals surface area contributed by atoms with E-state index < -0.39 is 0 Å². The normalized spacial score (nSPS) is 18.2. The number of ether oxygens (including phenoxy) is 1. The summed E-state index contributed by atoms with van der Waals surface area (Å²) in [5, 5.41) is 8.86. The molecule has 0 saturated carbocycles. The van der Waals surface area contributed by atoms with Crippen molar-refractivity contribution in [1.82, 2.24) is 9.80 Å². The molecular weight excluding hydrogens is 306 g/mol. The van der Waals surface area contributed by atoms with Crippen molar-refractivity contribution in [2.24, 2.45) is 11.8 Å². The van der Waals surface area contributed by atoms with Crippen molar-refractivity contribution in [3.05, 3.63) is 29.8 Å². The number of hydrogen-bond donors (Lipinski definition) is 0. The zero-order valence-corrected chi connectivity index (χ0v) is 14.4. The van der Waals surface area contributed by atoms with E-state index in [1.807, 2.05) is 24.3 Å². The second kappa shape index (κ2) is 7.82. The number of nitriles is 1. The summed E-state index contributed by atoms with van der Waals surface area (Å²) in [6.07, 6.45) is 0.236. The molecule has 1 aromatic carbocycles. The average molecular weight is 329 g/mol. The highest BCUT2D eigenvalue weighted by Gasteiger charge is 2.35. The van der Waals surface area contributed by atoms with E-state index in [0.717, 1.165) is 11.3 Å². The summed E-state index contributed by atoms with van der Waals surface area (Å²) in [5.74, 6) is 0.152. The summed E-state index contributed by atoms with van der Waals surface area (Å²) in [6, 6.07) is 9.67. The molecule has 2 rings (SSSR count). The Morgan fingerprint density at radius 3 is 2.71 bits per heavy atom. The molecule has 2 amide bonds. The molecule has 1 aliphatic rings. The second-order valence-corrected chi connectivity index (χ2v) is 6.27. The van der Waals surface area contributed by atoms with Gasteiger partial charge < -0.3 is 14.5 Å². The van der Waals surface area contributed by atoms with Crippen LogP contribution < -0.4 is 4.74 Å². The Hall–Kier alpha value is -2.55. The largest absolute Gasteiger partial charge is 0.497 e. The number of methoxy groups -OCH3 is 1. The molecule has 128 valence electrons. The monoisotopic (exact) mass is 329 g/mol. The molecule has 1 saturated heterocycles. The summed E-state index contributed by atoms with van der Waals surface area (Å²) in [4.78, 5) is 27.9. The van der Waals surface area contributed by atoms with Crippen LogP contribution in [-0.4, -0.2) is 48.9 Å². The number of likely N-dealkylation sites (tertiary alicyclic amines) is 1. The van der Waals surface area contributed by atoms with Crippen LogP contribution in [0.3, 0.4) is 0 Å². The first-order valence-electron chi connectivity index (χ1n) is 8.00. The first kappa shape index (κ1) is 17.8. The van der Waals surface area contributed by atoms with Gasteiger partial charge in [0.05, 0.1) is 25.0 Å². The molecule has 1 heterocycles. The van der Waals surface area contributed by atoms with E-state index in [0.29, 0.717) is 19.6 Å². The van der Waals surface area contributed by atoms with Gasteiger partial charge in [0.2, 0.25) is 11.8 Å². The van der Waals surface area contributed by atoms with E-state index in [1.54, 1.807) is 30.9 Å². The van der Waals surface area contributed by atoms with E-state index in [2.05, 4.69) is 6.07 Å². The summed E-state index contributed by atoms with van der Waals surface area (Å²) in [7, 11) is 3.30. The number of hydrogen-bond acceptors (Lipinski definition) is 4. The highest BCUT2D eigenvalue weighted by atomic mass is 16.5. The molecule has 0 N–H and O–H groups in total. The summed E-state index contributed by atoms with van der Waals surface area (Å²) in [5.41, 5.74) is 1.00. The van der Waals surface area contributed by atoms with Crippen LogP contribution in [0.5, 0.6) is 5.75 Å². The maximum atomic E-state index is 12.4. The van der Waals surface area contributed by atoms with E-state index in [4.69, 9.17) is 10.00 Å². The summed E-state index contributed by atoms with van der Waals surface area (Å²) in [6.45, 7) is 3.08. The number of carbonyl (C=O) groups excluding carboxylic acids is 2. The first-order valence-corrected chi connectivity index (χ1v) is 8.00. The predicted octanol–water partition coefficient (Wildman–Crippen LogP) is 1.66. The molecule has 1 aromatic rings. The second-order valence-electron chi connectivity index (χ2n) is 6.27. The standard InChI is InChI=1S/C18H23N3O3/c1-13(9-19)10-20(2)18(23)15-8-17(22)21(12-15)11-14-4-6-16(24-3)7-5-14/h4-7,13,15H,8,10-12H2,1-3H3. The minimum atomic E-state index is -0.327. The molecule has 6 nitrogen and oxygen atoms in total. The van der Waals surface area contributed by atoms with Gasteiger partial charge in [-0.3, -0.25) is 9.59 Å². The van der Waals surface area contributed by atoms with Crippen LogP contribution >= 0.6 is 0 Å². The molecule has 1 aliphatic heterocycles. The fraction of sp³-hybridized carbons (Fsp3) is 0.500. The molecule has 0 radical (unpaired) electrons. The first-order chi connectivity index (χ1) is 11.4. The SMILES string of the molecule is COc1ccc(CN2CC(C(=O)N(C)CC(C)C#N)CC2=O)cc1. The van der Waals surface area contributed by atoms with Crippen molar-refractivity contribution in [2.75, 3.05) is 27.2 Å². The predicted molar refractivity (Wildman–Crippen MR) is 88.9 cm³/mol. The maximum Gasteiger partial charge on any atom is 0.227 e. The molecule has 1 fully saturated rings. The smallest absolute Gasteiger partial charge is 0.227 e. The lowest BCUT2D eigenvalue weighted by atomic mass is 10.1. The van der Waals surface area contributed by atoms with Gasteiger partial charge in [0, 0.05) is 33.1 Å². The molecule has 0 bridgehead atoms. The fourth-order valence-electron chi connectivity index (χ4n) is 2.90. The Morgan fingerprint density at radius 1 is 1.46 bits per heavy atom. The van der Waals surface area contributed by atoms with Gasteiger partial charge in [0.15, 0.2) is 0 Å². The zero-order valence-electron chi connectivity index (χ0n) is 14.4. The van der Waals surface area contributed by atoms with Crippen molar-refractivity contribution in [3.8, 4) is 11.8 Å². The van der Waals surface area contributed by atoms with Crippen molar-refractivity contribution < 1.29 is 14.3 Å². The van der Waals surface area contributed by atoms with Gasteiger partial charge in [-0.15, -0.1) is 0 Å². The molecule has 2 atom stereocenters. The summed E-state index contributed by atoms with van der Waals surface area (Å²) < 4.78 is 5.12. The lowest BCUT2D eigenvalue weighted by Crippen LogP contribution is -2.36. The van der Waals surface area contributed by atoms with E-state index >= 15 is 0 Å². The van der Waals surface area contributed by atoms with E-state index in [9.17, 15) is 9.59 Å². The van der Waals surface area contributed by atoms with Crippen LogP contribution in [0.1, 0.15) is 18.9 Å². The Morgan fingerprint density at radius 2 is 2.12 bits per heavy atom. The highest BCUT2D eigenvalue weighted by Crippen LogP contribution is 2.23. The molecule has 0 aliphatic carbocycles. The van der Waals surface area contributed by atoms with Crippen molar-refractivity contribution in [2.45, 2.75) is 19.9 Å². The average Bonchev–Trinajstić information content (AvgIpc) is 2.95. The zero-order chi connectivity index (χ0) is 17.7. The number of rotatable bonds is 6. The Bertz CT molecular complexity index is 636. The fourth-order valence-corrected chi connectivity index (χ4v) is 2.90. The third kappa shape index (κ3) is 4.25. The van der Waals surface area contributed by atoms with Gasteiger partial charge in [-0.05, 0) is 24.6 Å². The van der Waals surface area contributed by atoms with Gasteiger partial charge in [0.1, 0.15) is 5.75 Å². The van der Waals surface area contributed by atoms with Crippen LogP contribution in [0.15, 0.2) is 24.3 Å². The van der Waals surface area contributed by atoms with Gasteiger partial charge in [0.25, 0.3) is 0 Å². The molecule has 2 unspecified atom stereocenters. The minimum absolute atomic E-state index is 0.00843. The number of benzene rings is 1. The van der Waals surface area contributed by atoms with E-state index in [1.165, 1.54) is 0 Å². The Labute approximate surface area is 142 Å². The minimum Gasteiger partial charge on any atom is -0.497 e. The number of nitrogens with zero attached hydrogens (tertiary/aromatic N) is 3. The van der Waals surface area contributed by atoms with Crippen molar-refractivity contribution in [3.63, 3.8) is 0 Å². The van der Waals surface area contributed by atoms with Gasteiger partial charge in [-0.2, -0.15) is 5.26 Å².